The van der Waals surface area contributed by atoms with Crippen molar-refractivity contribution in [1.29, 1.82) is 0 Å². The fraction of sp³-hybridized carbons (Fsp3) is 0.350. The van der Waals surface area contributed by atoms with E-state index in [4.69, 9.17) is 16.4 Å². The number of piperidine rings is 1. The lowest BCUT2D eigenvalue weighted by Gasteiger charge is -2.30. The standard InChI is InChI=1S/C20H22ClN5O4S/c1-14-4-3-9-25(12-14)31(28,29)17-7-8-18-19(11-17)26(24-23-18)30-13-20(27)22-16-6-2-5-15(21)10-16/h2,5-8,10-11,14H,3-4,9,12-13H2,1H3,(H,22,27). The first-order chi connectivity index (χ1) is 14.8. The van der Waals surface area contributed by atoms with Crippen LogP contribution in [-0.2, 0) is 14.8 Å². The molecule has 11 heteroatoms. The molecule has 31 heavy (non-hydrogen) atoms. The number of hydrogen-bond donors (Lipinski definition) is 1. The van der Waals surface area contributed by atoms with Crippen molar-refractivity contribution >= 4 is 44.3 Å². The Balaban J connectivity index is 1.50. The summed E-state index contributed by atoms with van der Waals surface area (Å²) in [6, 6.07) is 11.3. The molecular weight excluding hydrogens is 442 g/mol. The van der Waals surface area contributed by atoms with E-state index in [-0.39, 0.29) is 11.5 Å². The Morgan fingerprint density at radius 2 is 2.13 bits per heavy atom. The minimum absolute atomic E-state index is 0.143. The Kier molecular flexibility index (Phi) is 6.12. The highest BCUT2D eigenvalue weighted by Gasteiger charge is 2.29. The number of amides is 1. The SMILES string of the molecule is CC1CCCN(S(=O)(=O)c2ccc3nnn(OCC(=O)Nc4cccc(Cl)c4)c3c2)C1. The average Bonchev–Trinajstić information content (AvgIpc) is 3.14. The fourth-order valence-corrected chi connectivity index (χ4v) is 5.34. The summed E-state index contributed by atoms with van der Waals surface area (Å²) in [7, 11) is -3.64. The largest absolute Gasteiger partial charge is 0.385 e. The first-order valence-electron chi connectivity index (χ1n) is 9.87. The third kappa shape index (κ3) is 4.81. The van der Waals surface area contributed by atoms with Crippen LogP contribution < -0.4 is 10.2 Å². The highest BCUT2D eigenvalue weighted by molar-refractivity contribution is 7.89. The molecule has 2 heterocycles. The van der Waals surface area contributed by atoms with E-state index in [9.17, 15) is 13.2 Å². The Bertz CT molecular complexity index is 1210. The zero-order valence-corrected chi connectivity index (χ0v) is 18.4. The zero-order valence-electron chi connectivity index (χ0n) is 16.9. The molecule has 4 rings (SSSR count). The minimum atomic E-state index is -3.64. The molecule has 0 spiro atoms. The third-order valence-electron chi connectivity index (χ3n) is 5.07. The van der Waals surface area contributed by atoms with Crippen molar-refractivity contribution in [2.75, 3.05) is 25.0 Å². The number of sulfonamides is 1. The summed E-state index contributed by atoms with van der Waals surface area (Å²) in [6.45, 7) is 2.71. The number of aromatic nitrogens is 3. The van der Waals surface area contributed by atoms with Gasteiger partial charge in [-0.3, -0.25) is 4.79 Å². The lowest BCUT2D eigenvalue weighted by Crippen LogP contribution is -2.39. The van der Waals surface area contributed by atoms with E-state index in [2.05, 4.69) is 15.6 Å². The first-order valence-corrected chi connectivity index (χ1v) is 11.7. The lowest BCUT2D eigenvalue weighted by atomic mass is 10.0. The molecule has 2 aromatic carbocycles. The van der Waals surface area contributed by atoms with Crippen LogP contribution in [0.25, 0.3) is 11.0 Å². The molecule has 1 aliphatic heterocycles. The molecule has 1 aliphatic rings. The van der Waals surface area contributed by atoms with Gasteiger partial charge in [-0.1, -0.05) is 29.4 Å². The van der Waals surface area contributed by atoms with Crippen LogP contribution >= 0.6 is 11.6 Å². The number of nitrogens with one attached hydrogen (secondary N) is 1. The molecule has 1 N–H and O–H groups in total. The maximum Gasteiger partial charge on any atom is 0.265 e. The lowest BCUT2D eigenvalue weighted by molar-refractivity contribution is -0.121. The van der Waals surface area contributed by atoms with Crippen molar-refractivity contribution in [3.05, 3.63) is 47.5 Å². The zero-order chi connectivity index (χ0) is 22.0. The normalized spacial score (nSPS) is 17.5. The number of fused-ring (bicyclic) bond motifs is 1. The summed E-state index contributed by atoms with van der Waals surface area (Å²) in [4.78, 5) is 18.8. The topological polar surface area (TPSA) is 106 Å². The Morgan fingerprint density at radius 1 is 1.29 bits per heavy atom. The van der Waals surface area contributed by atoms with Crippen LogP contribution in [0.3, 0.4) is 0 Å². The van der Waals surface area contributed by atoms with Gasteiger partial charge in [-0.15, -0.1) is 5.10 Å². The number of carbonyl (C=O) groups excluding carboxylic acids is 1. The van der Waals surface area contributed by atoms with Gasteiger partial charge in [0.05, 0.1) is 4.90 Å². The van der Waals surface area contributed by atoms with Gasteiger partial charge in [0, 0.05) is 23.8 Å². The van der Waals surface area contributed by atoms with Gasteiger partial charge < -0.3 is 10.2 Å². The van der Waals surface area contributed by atoms with Gasteiger partial charge in [0.2, 0.25) is 10.0 Å². The van der Waals surface area contributed by atoms with E-state index in [1.54, 1.807) is 30.3 Å². The molecule has 1 unspecified atom stereocenters. The van der Waals surface area contributed by atoms with Crippen LogP contribution in [0.1, 0.15) is 19.8 Å². The Hall–Kier alpha value is -2.69. The van der Waals surface area contributed by atoms with Gasteiger partial charge in [-0.25, -0.2) is 8.42 Å². The predicted octanol–water partition coefficient (Wildman–Crippen LogP) is 2.57. The summed E-state index contributed by atoms with van der Waals surface area (Å²) in [5, 5.41) is 11.0. The molecule has 0 bridgehead atoms. The highest BCUT2D eigenvalue weighted by Crippen LogP contribution is 2.25. The van der Waals surface area contributed by atoms with E-state index >= 15 is 0 Å². The third-order valence-corrected chi connectivity index (χ3v) is 7.17. The smallest absolute Gasteiger partial charge is 0.265 e. The summed E-state index contributed by atoms with van der Waals surface area (Å²) >= 11 is 5.91. The van der Waals surface area contributed by atoms with Crippen molar-refractivity contribution in [3.8, 4) is 0 Å². The number of carbonyl (C=O) groups is 1. The van der Waals surface area contributed by atoms with Gasteiger partial charge in [0.15, 0.2) is 6.61 Å². The maximum atomic E-state index is 13.1. The second-order valence-corrected chi connectivity index (χ2v) is 9.93. The summed E-state index contributed by atoms with van der Waals surface area (Å²) in [5.41, 5.74) is 1.36. The Labute approximate surface area is 184 Å². The molecule has 0 radical (unpaired) electrons. The van der Waals surface area contributed by atoms with Crippen molar-refractivity contribution in [1.82, 2.24) is 19.5 Å². The predicted molar refractivity (Wildman–Crippen MR) is 116 cm³/mol. The van der Waals surface area contributed by atoms with Crippen molar-refractivity contribution in [3.63, 3.8) is 0 Å². The summed E-state index contributed by atoms with van der Waals surface area (Å²) in [5.74, 6) is -0.0993. The molecule has 164 valence electrons. The van der Waals surface area contributed by atoms with Crippen LogP contribution in [0.4, 0.5) is 5.69 Å². The first kappa shape index (κ1) is 21.5. The number of rotatable bonds is 6. The van der Waals surface area contributed by atoms with E-state index in [1.807, 2.05) is 6.92 Å². The van der Waals surface area contributed by atoms with E-state index in [0.29, 0.717) is 40.8 Å². The van der Waals surface area contributed by atoms with Crippen LogP contribution in [0.2, 0.25) is 5.02 Å². The van der Waals surface area contributed by atoms with Crippen molar-refractivity contribution in [2.24, 2.45) is 5.92 Å². The average molecular weight is 464 g/mol. The second-order valence-electron chi connectivity index (χ2n) is 7.56. The van der Waals surface area contributed by atoms with Crippen LogP contribution in [0.15, 0.2) is 47.4 Å². The summed E-state index contributed by atoms with van der Waals surface area (Å²) in [6.07, 6.45) is 1.86. The fourth-order valence-electron chi connectivity index (χ4n) is 3.53. The van der Waals surface area contributed by atoms with Gasteiger partial charge in [0.1, 0.15) is 11.0 Å². The van der Waals surface area contributed by atoms with Crippen LogP contribution in [0, 0.1) is 5.92 Å². The van der Waals surface area contributed by atoms with E-state index < -0.39 is 15.9 Å². The quantitative estimate of drug-likeness (QED) is 0.602. The van der Waals surface area contributed by atoms with Crippen LogP contribution in [-0.4, -0.2) is 53.5 Å². The van der Waals surface area contributed by atoms with Gasteiger partial charge in [-0.2, -0.15) is 4.31 Å². The van der Waals surface area contributed by atoms with E-state index in [0.717, 1.165) is 17.7 Å². The second kappa shape index (κ2) is 8.81. The molecule has 1 fully saturated rings. The molecule has 1 aromatic heterocycles. The molecular formula is C20H22ClN5O4S. The highest BCUT2D eigenvalue weighted by atomic mass is 35.5. The van der Waals surface area contributed by atoms with E-state index in [1.165, 1.54) is 16.4 Å². The molecule has 1 amide bonds. The maximum absolute atomic E-state index is 13.1. The molecule has 0 aliphatic carbocycles. The molecule has 1 saturated heterocycles. The molecule has 3 aromatic rings. The number of benzene rings is 2. The monoisotopic (exact) mass is 463 g/mol. The number of anilines is 1. The molecule has 9 nitrogen and oxygen atoms in total. The Morgan fingerprint density at radius 3 is 2.90 bits per heavy atom. The van der Waals surface area contributed by atoms with Crippen molar-refractivity contribution < 1.29 is 18.0 Å². The van der Waals surface area contributed by atoms with Gasteiger partial charge >= 0.3 is 0 Å². The number of halogens is 1. The number of hydrogen-bond acceptors (Lipinski definition) is 6. The molecule has 0 saturated carbocycles. The summed E-state index contributed by atoms with van der Waals surface area (Å²) < 4.78 is 27.6. The van der Waals surface area contributed by atoms with Gasteiger partial charge in [-0.05, 0) is 60.4 Å². The number of nitrogens with zero attached hydrogens (tertiary/aromatic N) is 4. The van der Waals surface area contributed by atoms with Gasteiger partial charge in [0.25, 0.3) is 5.91 Å². The van der Waals surface area contributed by atoms with Crippen molar-refractivity contribution in [2.45, 2.75) is 24.7 Å². The molecule has 1 atom stereocenters. The van der Waals surface area contributed by atoms with Crippen LogP contribution in [0.5, 0.6) is 0 Å². The minimum Gasteiger partial charge on any atom is -0.385 e.